The molecule has 2 aliphatic rings. The molecule has 0 radical (unpaired) electrons. The second kappa shape index (κ2) is 17.6. The second-order valence-corrected chi connectivity index (χ2v) is 13.4. The van der Waals surface area contributed by atoms with Crippen molar-refractivity contribution in [1.82, 2.24) is 20.9 Å². The van der Waals surface area contributed by atoms with Crippen molar-refractivity contribution in [2.24, 2.45) is 5.92 Å². The van der Waals surface area contributed by atoms with Crippen molar-refractivity contribution in [3.05, 3.63) is 107 Å². The molecule has 0 spiro atoms. The number of methoxy groups -OCH3 is 1. The molecule has 52 heavy (non-hydrogen) atoms. The molecule has 3 aromatic rings. The molecule has 4 amide bonds. The predicted molar refractivity (Wildman–Crippen MR) is 194 cm³/mol. The van der Waals surface area contributed by atoms with Gasteiger partial charge >= 0.3 is 12.1 Å². The lowest BCUT2D eigenvalue weighted by Crippen LogP contribution is -2.59. The van der Waals surface area contributed by atoms with E-state index in [4.69, 9.17) is 9.47 Å². The van der Waals surface area contributed by atoms with Gasteiger partial charge in [0.05, 0.1) is 25.8 Å². The highest BCUT2D eigenvalue weighted by Gasteiger charge is 2.34. The van der Waals surface area contributed by atoms with Gasteiger partial charge in [-0.05, 0) is 46.6 Å². The van der Waals surface area contributed by atoms with Gasteiger partial charge in [-0.3, -0.25) is 14.4 Å². The summed E-state index contributed by atoms with van der Waals surface area (Å²) in [7, 11) is 1.27. The van der Waals surface area contributed by atoms with E-state index in [0.717, 1.165) is 27.8 Å². The first-order valence-electron chi connectivity index (χ1n) is 17.5. The van der Waals surface area contributed by atoms with Crippen molar-refractivity contribution in [2.75, 3.05) is 33.4 Å². The summed E-state index contributed by atoms with van der Waals surface area (Å²) >= 11 is 0. The summed E-state index contributed by atoms with van der Waals surface area (Å²) in [5.41, 5.74) is 5.35. The number of benzene rings is 3. The Hall–Kier alpha value is -5.49. The second-order valence-electron chi connectivity index (χ2n) is 13.4. The average molecular weight is 711 g/mol. The van der Waals surface area contributed by atoms with Gasteiger partial charge in [0.25, 0.3) is 0 Å². The van der Waals surface area contributed by atoms with E-state index < -0.39 is 54.5 Å². The molecule has 3 atom stereocenters. The molecular formula is C40H46N4O8. The molecule has 3 aromatic carbocycles. The molecule has 1 aliphatic carbocycles. The van der Waals surface area contributed by atoms with Crippen LogP contribution in [0.3, 0.4) is 0 Å². The number of nitrogens with zero attached hydrogens (tertiary/aromatic N) is 1. The fourth-order valence-electron chi connectivity index (χ4n) is 6.70. The molecular weight excluding hydrogens is 664 g/mol. The van der Waals surface area contributed by atoms with Gasteiger partial charge in [0.1, 0.15) is 24.7 Å². The Bertz CT molecular complexity index is 1750. The van der Waals surface area contributed by atoms with Gasteiger partial charge in [-0.2, -0.15) is 0 Å². The molecule has 0 bridgehead atoms. The fourth-order valence-corrected chi connectivity index (χ4v) is 6.70. The van der Waals surface area contributed by atoms with E-state index in [1.54, 1.807) is 30.3 Å². The molecule has 0 aromatic heterocycles. The number of alkyl carbamates (subject to hydrolysis) is 1. The molecule has 0 fully saturated rings. The lowest BCUT2D eigenvalue weighted by molar-refractivity contribution is -0.139. The summed E-state index contributed by atoms with van der Waals surface area (Å²) in [6.45, 7) is 3.47. The Morgan fingerprint density at radius 1 is 0.808 bits per heavy atom. The molecule has 1 aliphatic heterocycles. The van der Waals surface area contributed by atoms with Gasteiger partial charge in [0.15, 0.2) is 0 Å². The van der Waals surface area contributed by atoms with Crippen molar-refractivity contribution in [3.63, 3.8) is 0 Å². The summed E-state index contributed by atoms with van der Waals surface area (Å²) < 4.78 is 10.5. The molecule has 5 rings (SSSR count). The number of aliphatic hydroxyl groups excluding tert-OH is 1. The lowest BCUT2D eigenvalue weighted by Gasteiger charge is -2.32. The van der Waals surface area contributed by atoms with Gasteiger partial charge in [-0.1, -0.05) is 98.8 Å². The minimum atomic E-state index is -1.43. The number of rotatable bonds is 14. The number of carbonyl (C=O) groups excluding carboxylic acids is 5. The number of hydrogen-bond donors (Lipinski definition) is 4. The SMILES string of the molecule is COC(=O)C1=CCCN(C(=O)[C@H](CC(C)C)NC(=O)[C@H](CO)NC(=O)[C@H](Cc2ccccc2)NC(=O)OCC2c3ccccc3-c3ccccc32)C1. The summed E-state index contributed by atoms with van der Waals surface area (Å²) in [6.07, 6.45) is 1.73. The quantitative estimate of drug-likeness (QED) is 0.185. The van der Waals surface area contributed by atoms with E-state index >= 15 is 0 Å². The van der Waals surface area contributed by atoms with Crippen molar-refractivity contribution in [1.29, 1.82) is 0 Å². The molecule has 12 heteroatoms. The molecule has 274 valence electrons. The zero-order chi connectivity index (χ0) is 37.2. The molecule has 0 saturated heterocycles. The Morgan fingerprint density at radius 2 is 1.40 bits per heavy atom. The lowest BCUT2D eigenvalue weighted by atomic mass is 9.98. The van der Waals surface area contributed by atoms with E-state index in [9.17, 15) is 29.1 Å². The zero-order valence-corrected chi connectivity index (χ0v) is 29.7. The Balaban J connectivity index is 1.25. The van der Waals surface area contributed by atoms with E-state index in [2.05, 4.69) is 16.0 Å². The predicted octanol–water partition coefficient (Wildman–Crippen LogP) is 3.48. The van der Waals surface area contributed by atoms with Crippen LogP contribution in [0.25, 0.3) is 11.1 Å². The molecule has 1 heterocycles. The maximum Gasteiger partial charge on any atom is 0.407 e. The van der Waals surface area contributed by atoms with Gasteiger partial charge in [0, 0.05) is 18.9 Å². The average Bonchev–Trinajstić information content (AvgIpc) is 3.48. The van der Waals surface area contributed by atoms with Crippen LogP contribution in [0, 0.1) is 5.92 Å². The summed E-state index contributed by atoms with van der Waals surface area (Å²) in [5.74, 6) is -2.58. The van der Waals surface area contributed by atoms with E-state index in [1.165, 1.54) is 12.0 Å². The number of hydrogen-bond acceptors (Lipinski definition) is 8. The van der Waals surface area contributed by atoms with Gasteiger partial charge in [-0.25, -0.2) is 9.59 Å². The van der Waals surface area contributed by atoms with Gasteiger partial charge in [-0.15, -0.1) is 0 Å². The Kier molecular flexibility index (Phi) is 12.8. The highest BCUT2D eigenvalue weighted by atomic mass is 16.5. The summed E-state index contributed by atoms with van der Waals surface area (Å²) in [6, 6.07) is 21.4. The van der Waals surface area contributed by atoms with Crippen LogP contribution in [0.5, 0.6) is 0 Å². The van der Waals surface area contributed by atoms with Crippen LogP contribution in [0.15, 0.2) is 90.5 Å². The van der Waals surface area contributed by atoms with Crippen LogP contribution in [0.1, 0.15) is 49.3 Å². The molecule has 0 saturated carbocycles. The van der Waals surface area contributed by atoms with Crippen molar-refractivity contribution >= 4 is 29.8 Å². The molecule has 4 N–H and O–H groups in total. The normalized spacial score (nSPS) is 15.3. The zero-order valence-electron chi connectivity index (χ0n) is 29.7. The van der Waals surface area contributed by atoms with E-state index in [0.29, 0.717) is 18.5 Å². The minimum Gasteiger partial charge on any atom is -0.466 e. The third-order valence-electron chi connectivity index (χ3n) is 9.28. The number of amides is 4. The number of carbonyl (C=O) groups is 5. The van der Waals surface area contributed by atoms with Crippen LogP contribution < -0.4 is 16.0 Å². The highest BCUT2D eigenvalue weighted by molar-refractivity contribution is 5.95. The third-order valence-corrected chi connectivity index (χ3v) is 9.28. The Labute approximate surface area is 303 Å². The van der Waals surface area contributed by atoms with Crippen LogP contribution in [0.2, 0.25) is 0 Å². The Morgan fingerprint density at radius 3 is 2.02 bits per heavy atom. The maximum absolute atomic E-state index is 13.7. The van der Waals surface area contributed by atoms with Crippen LogP contribution in [-0.4, -0.2) is 91.3 Å². The summed E-state index contributed by atoms with van der Waals surface area (Å²) in [5, 5.41) is 18.1. The fraction of sp³-hybridized carbons (Fsp3) is 0.375. The largest absolute Gasteiger partial charge is 0.466 e. The monoisotopic (exact) mass is 710 g/mol. The smallest absolute Gasteiger partial charge is 0.407 e. The number of nitrogens with one attached hydrogen (secondary N) is 3. The van der Waals surface area contributed by atoms with Gasteiger partial charge < -0.3 is 35.4 Å². The van der Waals surface area contributed by atoms with Crippen molar-refractivity contribution in [2.45, 2.75) is 57.2 Å². The van der Waals surface area contributed by atoms with Crippen molar-refractivity contribution < 1.29 is 38.6 Å². The highest BCUT2D eigenvalue weighted by Crippen LogP contribution is 2.44. The molecule has 12 nitrogen and oxygen atoms in total. The van der Waals surface area contributed by atoms with E-state index in [1.807, 2.05) is 68.4 Å². The number of fused-ring (bicyclic) bond motifs is 3. The third kappa shape index (κ3) is 9.24. The van der Waals surface area contributed by atoms with Crippen LogP contribution >= 0.6 is 0 Å². The number of ether oxygens (including phenoxy) is 2. The topological polar surface area (TPSA) is 163 Å². The molecule has 0 unspecified atom stereocenters. The van der Waals surface area contributed by atoms with Gasteiger partial charge in [0.2, 0.25) is 17.7 Å². The minimum absolute atomic E-state index is 0.00786. The maximum atomic E-state index is 13.7. The number of aliphatic hydroxyl groups is 1. The number of esters is 1. The van der Waals surface area contributed by atoms with Crippen molar-refractivity contribution in [3.8, 4) is 11.1 Å². The first kappa shape index (κ1) is 37.8. The summed E-state index contributed by atoms with van der Waals surface area (Å²) in [4.78, 5) is 67.7. The van der Waals surface area contributed by atoms with Crippen LogP contribution in [-0.2, 0) is 35.1 Å². The first-order chi connectivity index (χ1) is 25.1. The first-order valence-corrected chi connectivity index (χ1v) is 17.5. The standard InChI is InChI=1S/C40H46N4O8/c1-25(2)20-34(38(48)44-19-11-14-27(22-44)39(49)51-3)41-37(47)35(23-45)42-36(46)33(21-26-12-5-4-6-13-26)43-40(50)52-24-32-30-17-9-7-15-28(30)29-16-8-10-18-31(29)32/h4-10,12-18,25,32-35,45H,11,19-24H2,1-3H3,(H,41,47)(H,42,46)(H,43,50)/t33-,34-,35-/m0/s1. The van der Waals surface area contributed by atoms with Crippen LogP contribution in [0.4, 0.5) is 4.79 Å². The van der Waals surface area contributed by atoms with E-state index in [-0.39, 0.29) is 37.8 Å².